The molecular weight excluding hydrogens is 1320 g/mol. The Hall–Kier alpha value is -10.5. The van der Waals surface area contributed by atoms with E-state index in [1.54, 1.807) is 19.6 Å². The predicted molar refractivity (Wildman–Crippen MR) is 349 cm³/mol. The fourth-order valence-electron chi connectivity index (χ4n) is 10.9. The molecular formula is C62H85N17O21. The van der Waals surface area contributed by atoms with Crippen molar-refractivity contribution in [3.8, 4) is 0 Å². The van der Waals surface area contributed by atoms with Gasteiger partial charge in [0.1, 0.15) is 45.0 Å². The molecule has 4 aromatic rings. The van der Waals surface area contributed by atoms with Gasteiger partial charge in [-0.25, -0.2) is 0 Å². The van der Waals surface area contributed by atoms with Crippen molar-refractivity contribution in [1.29, 1.82) is 0 Å². The molecule has 9 amide bonds. The third-order valence-electron chi connectivity index (χ3n) is 16.5. The summed E-state index contributed by atoms with van der Waals surface area (Å²) in [6.45, 7) is -0.363. The first kappa shape index (κ1) is 76.8. The normalized spacial score (nSPS) is 20.9. The fraction of sp³-hybridized carbons (Fsp3) is 0.516. The van der Waals surface area contributed by atoms with E-state index < -0.39 is 127 Å². The van der Waals surface area contributed by atoms with Gasteiger partial charge in [-0.3, -0.25) is 86.7 Å². The minimum atomic E-state index is -1.23. The Morgan fingerprint density at radius 3 is 1.03 bits per heavy atom. The van der Waals surface area contributed by atoms with E-state index in [1.165, 1.54) is 0 Å². The summed E-state index contributed by atoms with van der Waals surface area (Å²) < 4.78 is 12.3. The second kappa shape index (κ2) is 38.6. The number of rotatable bonds is 10. The summed E-state index contributed by atoms with van der Waals surface area (Å²) in [4.78, 5) is 193. The highest BCUT2D eigenvalue weighted by molar-refractivity contribution is 5.99. The second-order valence-corrected chi connectivity index (χ2v) is 23.5. The first-order chi connectivity index (χ1) is 48.0. The van der Waals surface area contributed by atoms with Crippen LogP contribution >= 0.6 is 0 Å². The molecule has 10 aliphatic rings. The van der Waals surface area contributed by atoms with E-state index in [9.17, 15) is 88.0 Å². The SMILES string of the molecule is O=C(O)CCCC(=O)NCCCCCC1CN2CCNC(=O)c3ccc(c(=O)n3O)C(=O)NCCN(CCNC(=O)c3ccc(c(=O)n3O)C(=O)N1)CCOCCN1CCNC(=O)c3ccc(n(O)c3=O)C(=O)NCCN(CCNC(=O)c3ccc(n(O)c3=O)C(=O)NCC1)CCOCC2. The van der Waals surface area contributed by atoms with Crippen molar-refractivity contribution in [2.75, 3.05) is 157 Å². The van der Waals surface area contributed by atoms with Crippen LogP contribution in [0.2, 0.25) is 0 Å². The Morgan fingerprint density at radius 1 is 0.380 bits per heavy atom. The van der Waals surface area contributed by atoms with Gasteiger partial charge in [0, 0.05) is 150 Å². The molecule has 14 N–H and O–H groups in total. The minimum Gasteiger partial charge on any atom is -0.481 e. The third-order valence-corrected chi connectivity index (χ3v) is 16.5. The number of unbranched alkanes of at least 4 members (excludes halogenated alkanes) is 2. The summed E-state index contributed by atoms with van der Waals surface area (Å²) >= 11 is 0. The number of pyridine rings is 4. The number of fused-ring (bicyclic) bond motifs is 8. The Labute approximate surface area is 570 Å². The van der Waals surface area contributed by atoms with Gasteiger partial charge >= 0.3 is 5.97 Å². The van der Waals surface area contributed by atoms with Crippen LogP contribution in [0.15, 0.2) is 67.7 Å². The van der Waals surface area contributed by atoms with Crippen LogP contribution in [-0.2, 0) is 19.1 Å². The first-order valence-corrected chi connectivity index (χ1v) is 32.7. The van der Waals surface area contributed by atoms with Crippen molar-refractivity contribution in [3.63, 3.8) is 0 Å². The molecule has 100 heavy (non-hydrogen) atoms. The smallest absolute Gasteiger partial charge is 0.303 e. The number of carboxylic acids is 1. The average Bonchev–Trinajstić information content (AvgIpc) is 0.836. The lowest BCUT2D eigenvalue weighted by Gasteiger charge is -2.29. The minimum absolute atomic E-state index is 0.00852. The monoisotopic (exact) mass is 1400 g/mol. The van der Waals surface area contributed by atoms with Gasteiger partial charge in [-0.2, -0.15) is 0 Å². The van der Waals surface area contributed by atoms with Crippen LogP contribution in [0.5, 0.6) is 0 Å². The molecule has 14 rings (SSSR count). The number of hydrogen-bond acceptors (Lipinski definition) is 24. The highest BCUT2D eigenvalue weighted by Gasteiger charge is 2.27. The molecule has 5 atom stereocenters. The molecule has 14 heterocycles. The summed E-state index contributed by atoms with van der Waals surface area (Å²) in [5.74, 6) is -8.67. The third kappa shape index (κ3) is 22.5. The summed E-state index contributed by atoms with van der Waals surface area (Å²) in [6.07, 6.45) is 1.60. The van der Waals surface area contributed by atoms with E-state index in [-0.39, 0.29) is 208 Å². The number of aromatic nitrogens is 4. The molecule has 0 spiro atoms. The molecule has 12 bridgehead atoms. The van der Waals surface area contributed by atoms with E-state index in [1.807, 2.05) is 0 Å². The van der Waals surface area contributed by atoms with Crippen molar-refractivity contribution in [2.45, 2.75) is 51.0 Å². The maximum absolute atomic E-state index is 14.2. The number of nitrogens with one attached hydrogen (secondary N) is 9. The zero-order valence-corrected chi connectivity index (χ0v) is 55.0. The lowest BCUT2D eigenvalue weighted by Crippen LogP contribution is -2.48. The molecule has 0 aromatic carbocycles. The Balaban J connectivity index is 1.23. The van der Waals surface area contributed by atoms with Crippen LogP contribution in [0, 0.1) is 0 Å². The van der Waals surface area contributed by atoms with E-state index in [0.29, 0.717) is 19.3 Å². The number of ether oxygens (including phenoxy) is 2. The average molecular weight is 1400 g/mol. The van der Waals surface area contributed by atoms with E-state index in [2.05, 4.69) is 47.9 Å². The van der Waals surface area contributed by atoms with Crippen LogP contribution in [0.1, 0.15) is 128 Å². The predicted octanol–water partition coefficient (Wildman–Crippen LogP) is -5.20. The topological polar surface area (TPSA) is 500 Å². The molecule has 0 saturated heterocycles. The molecule has 0 fully saturated rings. The molecule has 38 heteroatoms. The largest absolute Gasteiger partial charge is 0.481 e. The first-order valence-electron chi connectivity index (χ1n) is 32.7. The second-order valence-electron chi connectivity index (χ2n) is 23.5. The Kier molecular flexibility index (Phi) is 29.6. The molecule has 5 unspecified atom stereocenters. The van der Waals surface area contributed by atoms with Gasteiger partial charge in [0.2, 0.25) is 5.91 Å². The highest BCUT2D eigenvalue weighted by atomic mass is 16.5. The van der Waals surface area contributed by atoms with E-state index in [0.717, 1.165) is 48.5 Å². The number of amides is 9. The molecule has 38 nitrogen and oxygen atoms in total. The van der Waals surface area contributed by atoms with Gasteiger partial charge in [-0.1, -0.05) is 12.8 Å². The lowest BCUT2D eigenvalue weighted by atomic mass is 10.1. The molecule has 0 saturated carbocycles. The molecule has 0 aliphatic carbocycles. The van der Waals surface area contributed by atoms with Gasteiger partial charge in [0.15, 0.2) is 0 Å². The zero-order chi connectivity index (χ0) is 72.3. The van der Waals surface area contributed by atoms with Gasteiger partial charge in [-0.15, -0.1) is 18.9 Å². The van der Waals surface area contributed by atoms with Crippen LogP contribution in [-0.4, -0.2) is 287 Å². The maximum atomic E-state index is 14.2. The summed E-state index contributed by atoms with van der Waals surface area (Å²) in [7, 11) is 0. The van der Waals surface area contributed by atoms with Gasteiger partial charge in [-0.05, 0) is 67.8 Å². The number of nitrogens with zero attached hydrogens (tertiary/aromatic N) is 8. The van der Waals surface area contributed by atoms with Crippen molar-refractivity contribution in [2.24, 2.45) is 0 Å². The van der Waals surface area contributed by atoms with Crippen molar-refractivity contribution >= 4 is 59.1 Å². The van der Waals surface area contributed by atoms with E-state index in [4.69, 9.17) is 14.6 Å². The van der Waals surface area contributed by atoms with Gasteiger partial charge in [0.25, 0.3) is 69.5 Å². The highest BCUT2D eigenvalue weighted by Crippen LogP contribution is 2.11. The summed E-state index contributed by atoms with van der Waals surface area (Å²) in [5.41, 5.74) is -9.02. The zero-order valence-electron chi connectivity index (χ0n) is 55.0. The Bertz CT molecular complexity index is 3850. The van der Waals surface area contributed by atoms with Crippen LogP contribution in [0.4, 0.5) is 0 Å². The standard InChI is InChI=1S/C62H85N17O21/c80-49(6-4-7-50(81)82)63-16-3-1-2-5-40-39-75-30-23-70-58(90)47-14-10-43(61(93)78(47)97)53(85)65-18-25-73(28-22-69-57(89)48-15-11-44(54(86)71-40)62(94)79(48)98)32-36-99-35-31-72-24-17-64-51(83)41-8-13-46(77(96)59(41)91)56(88)68-21-29-74(33-37-100-38-34-75)26-19-66-52(84)42-9-12-45(76(95)60(42)92)55(87)67-20-27-72/h8-15,40,95-98H,1-7,16-39H2,(H,63,80)(H,64,83)(H,65,85)(H,66,84)(H,67,87)(H,68,88)(H,69,89)(H,70,90)(H,71,86)(H,81,82). The molecule has 4 aromatic heterocycles. The van der Waals surface area contributed by atoms with Gasteiger partial charge in [0.05, 0.1) is 26.4 Å². The fourth-order valence-corrected chi connectivity index (χ4v) is 10.9. The molecule has 0 radical (unpaired) electrons. The van der Waals surface area contributed by atoms with Gasteiger partial charge < -0.3 is 83.3 Å². The number of carbonyl (C=O) groups excluding carboxylic acids is 9. The molecule has 10 aliphatic heterocycles. The maximum Gasteiger partial charge on any atom is 0.303 e. The number of carboxylic acid groups (broad SMARTS) is 1. The van der Waals surface area contributed by atoms with Crippen molar-refractivity contribution < 1.29 is 83.4 Å². The van der Waals surface area contributed by atoms with Crippen LogP contribution in [0.3, 0.4) is 0 Å². The summed E-state index contributed by atoms with van der Waals surface area (Å²) in [5, 5.41) is 76.8. The summed E-state index contributed by atoms with van der Waals surface area (Å²) in [6, 6.07) is 7.83. The number of hydrogen-bond donors (Lipinski definition) is 14. The van der Waals surface area contributed by atoms with E-state index >= 15 is 0 Å². The lowest BCUT2D eigenvalue weighted by molar-refractivity contribution is -0.137. The van der Waals surface area contributed by atoms with Crippen molar-refractivity contribution in [3.05, 3.63) is 135 Å². The quantitative estimate of drug-likeness (QED) is 0.0521. The van der Waals surface area contributed by atoms with Crippen LogP contribution in [0.25, 0.3) is 0 Å². The molecule has 544 valence electrons. The number of carbonyl (C=O) groups is 10. The van der Waals surface area contributed by atoms with Crippen molar-refractivity contribution in [1.82, 2.24) is 86.4 Å². The number of aliphatic carboxylic acids is 1. The Morgan fingerprint density at radius 2 is 0.690 bits per heavy atom. The van der Waals surface area contributed by atoms with Crippen LogP contribution < -0.4 is 70.1 Å².